The highest BCUT2D eigenvalue weighted by atomic mass is 32.5. The summed E-state index contributed by atoms with van der Waals surface area (Å²) in [6.45, 7) is 1.87. The maximum Gasteiger partial charge on any atom is 0.327 e. The monoisotopic (exact) mass is 581 g/mol. The van der Waals surface area contributed by atoms with Crippen molar-refractivity contribution in [3.8, 4) is 5.75 Å². The van der Waals surface area contributed by atoms with Gasteiger partial charge in [0.1, 0.15) is 23.3 Å². The Labute approximate surface area is 215 Å². The van der Waals surface area contributed by atoms with E-state index in [-0.39, 0.29) is 29.0 Å². The zero-order valence-corrected chi connectivity index (χ0v) is 21.9. The summed E-state index contributed by atoms with van der Waals surface area (Å²) in [5.41, 5.74) is -0.0978. The minimum Gasteiger partial charge on any atom is -0.487 e. The van der Waals surface area contributed by atoms with E-state index in [1.165, 1.54) is 12.1 Å². The molecule has 0 unspecified atom stereocenters. The van der Waals surface area contributed by atoms with E-state index in [1.807, 2.05) is 0 Å². The molecule has 0 aromatic heterocycles. The molecule has 3 rings (SSSR count). The predicted octanol–water partition coefficient (Wildman–Crippen LogP) is 6.08. The van der Waals surface area contributed by atoms with E-state index in [4.69, 9.17) is 4.74 Å². The first-order valence-corrected chi connectivity index (χ1v) is 14.7. The number of hydrogen-bond donors (Lipinski definition) is 2. The van der Waals surface area contributed by atoms with Crippen molar-refractivity contribution in [2.45, 2.75) is 36.1 Å². The standard InChI is InChI=1S/C24H24F5NO6S2/c1-24(2,37(3,34)35)21(23(32)33)30-22(31)19-13-10-16-6-4-5-7-18(16)20(19)36-14-15-8-11-17(12-9-15)38(25,26,27,28)29/h4-13,21H,14H2,1-3H3,(H,30,31)(H,32,33)/t21-/m1/s1. The van der Waals surface area contributed by atoms with Crippen molar-refractivity contribution < 1.29 is 47.3 Å². The molecule has 0 radical (unpaired) electrons. The Morgan fingerprint density at radius 1 is 0.974 bits per heavy atom. The predicted molar refractivity (Wildman–Crippen MR) is 134 cm³/mol. The largest absolute Gasteiger partial charge is 0.487 e. The van der Waals surface area contributed by atoms with Gasteiger partial charge in [0.05, 0.1) is 10.3 Å². The second-order valence-electron chi connectivity index (χ2n) is 9.19. The lowest BCUT2D eigenvalue weighted by Crippen LogP contribution is -2.57. The lowest BCUT2D eigenvalue weighted by molar-refractivity contribution is -0.140. The van der Waals surface area contributed by atoms with Crippen LogP contribution in [-0.4, -0.2) is 42.4 Å². The Bertz CT molecular complexity index is 1520. The van der Waals surface area contributed by atoms with Crippen LogP contribution in [0.5, 0.6) is 5.75 Å². The van der Waals surface area contributed by atoms with Crippen LogP contribution in [0, 0.1) is 0 Å². The average Bonchev–Trinajstić information content (AvgIpc) is 2.78. The number of carboxylic acid groups (broad SMARTS) is 1. The molecule has 1 atom stereocenters. The minimum absolute atomic E-state index is 0.0707. The summed E-state index contributed by atoms with van der Waals surface area (Å²) in [4.78, 5) is 23.0. The van der Waals surface area contributed by atoms with Crippen LogP contribution < -0.4 is 10.1 Å². The highest BCUT2D eigenvalue weighted by Crippen LogP contribution is 3.02. The van der Waals surface area contributed by atoms with Crippen molar-refractivity contribution in [3.63, 3.8) is 0 Å². The molecule has 0 aliphatic rings. The Morgan fingerprint density at radius 2 is 1.55 bits per heavy atom. The fraction of sp³-hybridized carbons (Fsp3) is 0.250. The zero-order chi connectivity index (χ0) is 28.8. The van der Waals surface area contributed by atoms with Crippen LogP contribution in [0.3, 0.4) is 0 Å². The quantitative estimate of drug-likeness (QED) is 0.297. The fourth-order valence-electron chi connectivity index (χ4n) is 3.53. The average molecular weight is 582 g/mol. The van der Waals surface area contributed by atoms with Gasteiger partial charge in [-0.15, -0.1) is 0 Å². The molecule has 0 aliphatic carbocycles. The van der Waals surface area contributed by atoms with Gasteiger partial charge in [0.2, 0.25) is 0 Å². The molecule has 7 nitrogen and oxygen atoms in total. The van der Waals surface area contributed by atoms with E-state index in [0.29, 0.717) is 10.8 Å². The van der Waals surface area contributed by atoms with Gasteiger partial charge in [-0.05, 0) is 43.0 Å². The van der Waals surface area contributed by atoms with Crippen molar-refractivity contribution in [1.29, 1.82) is 0 Å². The summed E-state index contributed by atoms with van der Waals surface area (Å²) in [5, 5.41) is 12.8. The molecule has 3 aromatic carbocycles. The Hall–Kier alpha value is -3.39. The fourth-order valence-corrected chi connectivity index (χ4v) is 4.77. The van der Waals surface area contributed by atoms with Crippen LogP contribution in [0.15, 0.2) is 65.6 Å². The number of hydrogen-bond acceptors (Lipinski definition) is 5. The Balaban J connectivity index is 1.99. The molecule has 14 heteroatoms. The highest BCUT2D eigenvalue weighted by Gasteiger charge is 2.65. The third kappa shape index (κ3) is 6.18. The number of benzene rings is 3. The number of aliphatic carboxylic acids is 1. The molecule has 2 N–H and O–H groups in total. The maximum atomic E-state index is 13.2. The van der Waals surface area contributed by atoms with E-state index < -0.39 is 54.2 Å². The van der Waals surface area contributed by atoms with Crippen LogP contribution >= 0.6 is 10.2 Å². The number of ether oxygens (including phenoxy) is 1. The topological polar surface area (TPSA) is 110 Å². The summed E-state index contributed by atoms with van der Waals surface area (Å²) in [6, 6.07) is 9.68. The summed E-state index contributed by atoms with van der Waals surface area (Å²) in [7, 11) is -13.8. The first kappa shape index (κ1) is 29.2. The Kier molecular flexibility index (Phi) is 6.78. The summed E-state index contributed by atoms with van der Waals surface area (Å²) in [6.07, 6.45) is 0.835. The molecule has 0 heterocycles. The smallest absolute Gasteiger partial charge is 0.327 e. The van der Waals surface area contributed by atoms with E-state index >= 15 is 0 Å². The number of sulfone groups is 1. The molecule has 0 saturated heterocycles. The van der Waals surface area contributed by atoms with Gasteiger partial charge in [0.25, 0.3) is 5.91 Å². The molecule has 0 aliphatic heterocycles. The molecular weight excluding hydrogens is 557 g/mol. The van der Waals surface area contributed by atoms with Crippen LogP contribution in [0.2, 0.25) is 0 Å². The molecule has 0 saturated carbocycles. The molecule has 3 aromatic rings. The number of halogens is 5. The summed E-state index contributed by atoms with van der Waals surface area (Å²) in [5.74, 6) is -2.65. The number of rotatable bonds is 9. The molecule has 0 fully saturated rings. The van der Waals surface area contributed by atoms with Crippen molar-refractivity contribution >= 4 is 42.7 Å². The lowest BCUT2D eigenvalue weighted by atomic mass is 10.0. The van der Waals surface area contributed by atoms with Gasteiger partial charge < -0.3 is 15.2 Å². The second-order valence-corrected chi connectivity index (χ2v) is 14.2. The van der Waals surface area contributed by atoms with E-state index in [9.17, 15) is 42.5 Å². The zero-order valence-electron chi connectivity index (χ0n) is 20.3. The lowest BCUT2D eigenvalue weighted by Gasteiger charge is -2.40. The van der Waals surface area contributed by atoms with Gasteiger partial charge in [-0.25, -0.2) is 13.2 Å². The van der Waals surface area contributed by atoms with E-state index in [2.05, 4.69) is 5.32 Å². The van der Waals surface area contributed by atoms with Gasteiger partial charge in [-0.1, -0.05) is 61.9 Å². The highest BCUT2D eigenvalue weighted by molar-refractivity contribution is 8.45. The molecule has 38 heavy (non-hydrogen) atoms. The first-order valence-electron chi connectivity index (χ1n) is 10.8. The second kappa shape index (κ2) is 8.83. The summed E-state index contributed by atoms with van der Waals surface area (Å²) >= 11 is 0. The number of nitrogens with one attached hydrogen (secondary N) is 1. The Morgan fingerprint density at radius 3 is 2.08 bits per heavy atom. The number of carboxylic acids is 1. The molecular formula is C24H24F5NO6S2. The van der Waals surface area contributed by atoms with Gasteiger partial charge in [-0.3, -0.25) is 4.79 Å². The third-order valence-corrected chi connectivity index (χ3v) is 9.36. The van der Waals surface area contributed by atoms with Crippen LogP contribution in [-0.2, 0) is 21.2 Å². The van der Waals surface area contributed by atoms with Crippen LogP contribution in [0.1, 0.15) is 29.8 Å². The molecule has 0 bridgehead atoms. The van der Waals surface area contributed by atoms with Crippen molar-refractivity contribution in [3.05, 3.63) is 71.8 Å². The SMILES string of the molecule is CC(C)([C@H](NC(=O)c1ccc2ccccc2c1OCc1ccc(S(F)(F)(F)(F)F)cc1)C(=O)O)S(C)(=O)=O. The minimum atomic E-state index is -9.85. The number of amides is 1. The van der Waals surface area contributed by atoms with Crippen molar-refractivity contribution in [2.75, 3.05) is 6.26 Å². The van der Waals surface area contributed by atoms with Gasteiger partial charge in [0.15, 0.2) is 9.84 Å². The maximum absolute atomic E-state index is 13.2. The van der Waals surface area contributed by atoms with Gasteiger partial charge >= 0.3 is 16.2 Å². The molecule has 0 spiro atoms. The van der Waals surface area contributed by atoms with Crippen molar-refractivity contribution in [1.82, 2.24) is 5.32 Å². The van der Waals surface area contributed by atoms with E-state index in [0.717, 1.165) is 32.2 Å². The molecule has 1 amide bonds. The number of carbonyl (C=O) groups excluding carboxylic acids is 1. The summed E-state index contributed by atoms with van der Waals surface area (Å²) < 4.78 is 93.3. The van der Waals surface area contributed by atoms with Crippen molar-refractivity contribution in [2.24, 2.45) is 0 Å². The first-order chi connectivity index (χ1) is 17.1. The van der Waals surface area contributed by atoms with Crippen LogP contribution in [0.4, 0.5) is 19.4 Å². The third-order valence-electron chi connectivity index (χ3n) is 6.05. The molecule has 208 valence electrons. The number of fused-ring (bicyclic) bond motifs is 1. The van der Waals surface area contributed by atoms with Gasteiger partial charge in [-0.2, -0.15) is 0 Å². The van der Waals surface area contributed by atoms with E-state index in [1.54, 1.807) is 24.3 Å². The number of carbonyl (C=O) groups is 2. The van der Waals surface area contributed by atoms with Crippen LogP contribution in [0.25, 0.3) is 10.8 Å². The normalized spacial score (nSPS) is 15.3. The van der Waals surface area contributed by atoms with Gasteiger partial charge in [0, 0.05) is 11.6 Å².